The van der Waals surface area contributed by atoms with Crippen molar-refractivity contribution in [2.45, 2.75) is 25.5 Å². The molecular weight excluding hydrogens is 442 g/mol. The Morgan fingerprint density at radius 3 is 2.59 bits per heavy atom. The molecule has 0 spiro atoms. The number of anilines is 1. The van der Waals surface area contributed by atoms with Gasteiger partial charge in [-0.25, -0.2) is 4.98 Å². The molecule has 0 aliphatic carbocycles. The largest absolute Gasteiger partial charge is 0.494 e. The number of ether oxygens (including phenoxy) is 1. The van der Waals surface area contributed by atoms with Crippen molar-refractivity contribution in [2.75, 3.05) is 17.7 Å². The first-order chi connectivity index (χ1) is 15.5. The summed E-state index contributed by atoms with van der Waals surface area (Å²) in [4.78, 5) is 30.3. The molecule has 0 radical (unpaired) electrons. The number of hydrogen-bond acceptors (Lipinski definition) is 6. The lowest BCUT2D eigenvalue weighted by atomic mass is 10.1. The molecule has 8 heteroatoms. The molecule has 4 rings (SSSR count). The Bertz CT molecular complexity index is 1280. The molecule has 1 amide bonds. The maximum Gasteiger partial charge on any atom is 0.272 e. The number of amides is 1. The van der Waals surface area contributed by atoms with Gasteiger partial charge in [0, 0.05) is 5.69 Å². The number of carbonyl (C=O) groups excluding carboxylic acids is 1. The Hall–Kier alpha value is -3.10. The molecule has 0 aliphatic rings. The number of aromatic nitrogens is 2. The van der Waals surface area contributed by atoms with Gasteiger partial charge in [0.05, 0.1) is 24.4 Å². The highest BCUT2D eigenvalue weighted by molar-refractivity contribution is 7.99. The van der Waals surface area contributed by atoms with Crippen LogP contribution in [0.15, 0.2) is 69.9 Å². The van der Waals surface area contributed by atoms with Crippen molar-refractivity contribution in [1.29, 1.82) is 0 Å². The van der Waals surface area contributed by atoms with Gasteiger partial charge in [-0.1, -0.05) is 41.6 Å². The maximum absolute atomic E-state index is 13.1. The molecule has 164 valence electrons. The number of aryl methyl sites for hydroxylation is 1. The second-order valence-corrected chi connectivity index (χ2v) is 9.06. The summed E-state index contributed by atoms with van der Waals surface area (Å²) in [5, 5.41) is 5.27. The third-order valence-electron chi connectivity index (χ3n) is 4.77. The van der Waals surface area contributed by atoms with Crippen molar-refractivity contribution >= 4 is 44.9 Å². The van der Waals surface area contributed by atoms with Gasteiger partial charge in [-0.2, -0.15) is 0 Å². The first kappa shape index (κ1) is 22.1. The molecule has 0 fully saturated rings. The van der Waals surface area contributed by atoms with E-state index >= 15 is 0 Å². The third-order valence-corrected chi connectivity index (χ3v) is 6.64. The second kappa shape index (κ2) is 10.0. The van der Waals surface area contributed by atoms with E-state index in [1.807, 2.05) is 61.7 Å². The Kier molecular flexibility index (Phi) is 6.92. The van der Waals surface area contributed by atoms with Crippen LogP contribution in [0.3, 0.4) is 0 Å². The minimum atomic E-state index is -0.166. The Morgan fingerprint density at radius 1 is 1.12 bits per heavy atom. The molecule has 1 N–H and O–H groups in total. The molecule has 32 heavy (non-hydrogen) atoms. The van der Waals surface area contributed by atoms with E-state index in [1.54, 1.807) is 16.7 Å². The molecule has 0 saturated carbocycles. The molecule has 2 aromatic heterocycles. The zero-order chi connectivity index (χ0) is 22.5. The van der Waals surface area contributed by atoms with Gasteiger partial charge in [0.25, 0.3) is 5.56 Å². The Balaban J connectivity index is 1.51. The molecule has 4 aromatic rings. The molecular formula is C24H23N3O3S2. The van der Waals surface area contributed by atoms with Crippen molar-refractivity contribution in [3.63, 3.8) is 0 Å². The summed E-state index contributed by atoms with van der Waals surface area (Å²) in [6, 6.07) is 17.1. The van der Waals surface area contributed by atoms with Crippen molar-refractivity contribution in [3.8, 4) is 5.75 Å². The van der Waals surface area contributed by atoms with Gasteiger partial charge < -0.3 is 10.1 Å². The van der Waals surface area contributed by atoms with Crippen LogP contribution in [0.4, 0.5) is 5.69 Å². The maximum atomic E-state index is 13.1. The standard InChI is InChI=1S/C24H23N3O3S2/c1-3-30-19-10-8-18(9-11-19)25-21(28)15-32-24-26-20-12-13-31-22(20)23(29)27(24)14-17-6-4-16(2)5-7-17/h4-13H,3,14-15H2,1-2H3,(H,25,28). The zero-order valence-electron chi connectivity index (χ0n) is 17.8. The van der Waals surface area contributed by atoms with Gasteiger partial charge in [-0.05, 0) is 55.1 Å². The van der Waals surface area contributed by atoms with Gasteiger partial charge in [0.2, 0.25) is 5.91 Å². The van der Waals surface area contributed by atoms with Crippen LogP contribution in [0.1, 0.15) is 18.1 Å². The quantitative estimate of drug-likeness (QED) is 0.295. The zero-order valence-corrected chi connectivity index (χ0v) is 19.5. The van der Waals surface area contributed by atoms with E-state index in [9.17, 15) is 9.59 Å². The van der Waals surface area contributed by atoms with Crippen LogP contribution in [0.2, 0.25) is 0 Å². The number of hydrogen-bond donors (Lipinski definition) is 1. The van der Waals surface area contributed by atoms with Gasteiger partial charge in [-0.3, -0.25) is 14.2 Å². The number of rotatable bonds is 8. The molecule has 2 aromatic carbocycles. The van der Waals surface area contributed by atoms with Crippen LogP contribution in [-0.2, 0) is 11.3 Å². The number of nitrogens with one attached hydrogen (secondary N) is 1. The minimum absolute atomic E-state index is 0.0833. The molecule has 2 heterocycles. The SMILES string of the molecule is CCOc1ccc(NC(=O)CSc2nc3ccsc3c(=O)n2Cc2ccc(C)cc2)cc1. The first-order valence-electron chi connectivity index (χ1n) is 10.2. The summed E-state index contributed by atoms with van der Waals surface area (Å²) >= 11 is 2.65. The van der Waals surface area contributed by atoms with E-state index in [-0.39, 0.29) is 17.2 Å². The average Bonchev–Trinajstić information content (AvgIpc) is 3.26. The predicted octanol–water partition coefficient (Wildman–Crippen LogP) is 4.94. The molecule has 0 atom stereocenters. The highest BCUT2D eigenvalue weighted by Crippen LogP contribution is 2.22. The third kappa shape index (κ3) is 5.20. The smallest absolute Gasteiger partial charge is 0.272 e. The van der Waals surface area contributed by atoms with Crippen LogP contribution in [0.5, 0.6) is 5.75 Å². The molecule has 0 unspecified atom stereocenters. The fourth-order valence-electron chi connectivity index (χ4n) is 3.18. The lowest BCUT2D eigenvalue weighted by molar-refractivity contribution is -0.113. The van der Waals surface area contributed by atoms with Crippen LogP contribution in [0, 0.1) is 6.92 Å². The number of benzene rings is 2. The van der Waals surface area contributed by atoms with E-state index < -0.39 is 0 Å². The van der Waals surface area contributed by atoms with Crippen molar-refractivity contribution in [3.05, 3.63) is 81.5 Å². The number of nitrogens with zero attached hydrogens (tertiary/aromatic N) is 2. The van der Waals surface area contributed by atoms with Crippen LogP contribution >= 0.6 is 23.1 Å². The number of fused-ring (bicyclic) bond motifs is 1. The van der Waals surface area contributed by atoms with Crippen molar-refractivity contribution in [1.82, 2.24) is 9.55 Å². The Labute approximate surface area is 194 Å². The van der Waals surface area contributed by atoms with Gasteiger partial charge in [-0.15, -0.1) is 11.3 Å². The fourth-order valence-corrected chi connectivity index (χ4v) is 4.75. The first-order valence-corrected chi connectivity index (χ1v) is 12.1. The lowest BCUT2D eigenvalue weighted by Crippen LogP contribution is -2.24. The van der Waals surface area contributed by atoms with E-state index in [0.717, 1.165) is 16.9 Å². The van der Waals surface area contributed by atoms with Crippen molar-refractivity contribution in [2.24, 2.45) is 0 Å². The van der Waals surface area contributed by atoms with E-state index in [1.165, 1.54) is 23.1 Å². The highest BCUT2D eigenvalue weighted by atomic mass is 32.2. The van der Waals surface area contributed by atoms with Gasteiger partial charge in [0.1, 0.15) is 10.4 Å². The summed E-state index contributed by atoms with van der Waals surface area (Å²) in [5.41, 5.74) is 3.44. The molecule has 0 saturated heterocycles. The van der Waals surface area contributed by atoms with E-state index in [2.05, 4.69) is 10.3 Å². The minimum Gasteiger partial charge on any atom is -0.494 e. The predicted molar refractivity (Wildman–Crippen MR) is 131 cm³/mol. The van der Waals surface area contributed by atoms with E-state index in [4.69, 9.17) is 4.74 Å². The fraction of sp³-hybridized carbons (Fsp3) is 0.208. The topological polar surface area (TPSA) is 73.2 Å². The van der Waals surface area contributed by atoms with Crippen LogP contribution in [0.25, 0.3) is 10.2 Å². The summed E-state index contributed by atoms with van der Waals surface area (Å²) in [5.74, 6) is 0.734. The number of thiophene rings is 1. The number of thioether (sulfide) groups is 1. The van der Waals surface area contributed by atoms with Gasteiger partial charge >= 0.3 is 0 Å². The lowest BCUT2D eigenvalue weighted by Gasteiger charge is -2.12. The molecule has 0 bridgehead atoms. The molecule has 6 nitrogen and oxygen atoms in total. The summed E-state index contributed by atoms with van der Waals surface area (Å²) in [6.45, 7) is 4.95. The van der Waals surface area contributed by atoms with E-state index in [0.29, 0.717) is 34.2 Å². The monoisotopic (exact) mass is 465 g/mol. The normalized spacial score (nSPS) is 10.9. The highest BCUT2D eigenvalue weighted by Gasteiger charge is 2.15. The summed E-state index contributed by atoms with van der Waals surface area (Å²) in [6.07, 6.45) is 0. The van der Waals surface area contributed by atoms with Crippen LogP contribution in [-0.4, -0.2) is 27.8 Å². The number of carbonyl (C=O) groups is 1. The summed E-state index contributed by atoms with van der Waals surface area (Å²) < 4.78 is 7.70. The second-order valence-electron chi connectivity index (χ2n) is 7.20. The Morgan fingerprint density at radius 2 is 1.88 bits per heavy atom. The average molecular weight is 466 g/mol. The molecule has 0 aliphatic heterocycles. The van der Waals surface area contributed by atoms with Crippen LogP contribution < -0.4 is 15.6 Å². The summed E-state index contributed by atoms with van der Waals surface area (Å²) in [7, 11) is 0. The van der Waals surface area contributed by atoms with Crippen molar-refractivity contribution < 1.29 is 9.53 Å². The van der Waals surface area contributed by atoms with Gasteiger partial charge in [0.15, 0.2) is 5.16 Å².